The summed E-state index contributed by atoms with van der Waals surface area (Å²) < 4.78 is 40.2. The summed E-state index contributed by atoms with van der Waals surface area (Å²) >= 11 is 1.15. The molecule has 2 heterocycles. The number of amides is 1. The zero-order valence-electron chi connectivity index (χ0n) is 14.3. The summed E-state index contributed by atoms with van der Waals surface area (Å²) in [5.74, 6) is -0.542. The predicted octanol–water partition coefficient (Wildman–Crippen LogP) is 1.08. The highest BCUT2D eigenvalue weighted by Crippen LogP contribution is 2.19. The van der Waals surface area contributed by atoms with Crippen molar-refractivity contribution in [3.8, 4) is 0 Å². The van der Waals surface area contributed by atoms with Gasteiger partial charge >= 0.3 is 0 Å². The van der Waals surface area contributed by atoms with Crippen LogP contribution in [0.25, 0.3) is 0 Å². The van der Waals surface area contributed by atoms with Gasteiger partial charge in [0.2, 0.25) is 15.9 Å². The number of hydrogen-bond acceptors (Lipinski definition) is 5. The van der Waals surface area contributed by atoms with Gasteiger partial charge in [0, 0.05) is 38.3 Å². The molecule has 0 bridgehead atoms. The van der Waals surface area contributed by atoms with E-state index >= 15 is 0 Å². The minimum absolute atomic E-state index is 0.0308. The highest BCUT2D eigenvalue weighted by atomic mass is 32.2. The van der Waals surface area contributed by atoms with Crippen LogP contribution in [0.3, 0.4) is 0 Å². The first-order valence-corrected chi connectivity index (χ1v) is 10.6. The zero-order chi connectivity index (χ0) is 19.4. The lowest BCUT2D eigenvalue weighted by molar-refractivity contribution is -0.645. The van der Waals surface area contributed by atoms with Crippen LogP contribution in [-0.2, 0) is 14.8 Å². The molecule has 0 aliphatic carbocycles. The van der Waals surface area contributed by atoms with Crippen LogP contribution < -0.4 is 4.73 Å². The molecule has 0 saturated carbocycles. The second-order valence-electron chi connectivity index (χ2n) is 5.89. The van der Waals surface area contributed by atoms with Crippen molar-refractivity contribution in [1.82, 2.24) is 9.21 Å². The van der Waals surface area contributed by atoms with Crippen LogP contribution in [0.2, 0.25) is 0 Å². The van der Waals surface area contributed by atoms with Gasteiger partial charge in [-0.05, 0) is 42.1 Å². The molecule has 1 saturated heterocycles. The third-order valence-electron chi connectivity index (χ3n) is 4.17. The number of piperazine rings is 1. The van der Waals surface area contributed by atoms with Crippen LogP contribution in [-0.4, -0.2) is 55.5 Å². The largest absolute Gasteiger partial charge is 0.618 e. The van der Waals surface area contributed by atoms with Gasteiger partial charge in [-0.3, -0.25) is 4.79 Å². The van der Waals surface area contributed by atoms with Crippen molar-refractivity contribution >= 4 is 27.7 Å². The molecule has 1 amide bonds. The molecule has 0 radical (unpaired) electrons. The summed E-state index contributed by atoms with van der Waals surface area (Å²) in [4.78, 5) is 13.9. The molecule has 3 rings (SSSR count). The average Bonchev–Trinajstić information content (AvgIpc) is 2.67. The lowest BCUT2D eigenvalue weighted by Crippen LogP contribution is -2.51. The maximum Gasteiger partial charge on any atom is 0.251 e. The lowest BCUT2D eigenvalue weighted by Gasteiger charge is -2.34. The second-order valence-corrected chi connectivity index (χ2v) is 8.83. The number of benzene rings is 1. The van der Waals surface area contributed by atoms with Crippen LogP contribution >= 0.6 is 11.8 Å². The van der Waals surface area contributed by atoms with Crippen LogP contribution in [0, 0.1) is 11.0 Å². The molecule has 1 aromatic heterocycles. The SMILES string of the molecule is O=C(CSc1cccc[n+]1[O-])N1CCN(S(=O)(=O)c2ccc(F)cc2)CC1. The summed E-state index contributed by atoms with van der Waals surface area (Å²) in [6, 6.07) is 9.65. The smallest absolute Gasteiger partial charge is 0.251 e. The van der Waals surface area contributed by atoms with Crippen LogP contribution in [0.4, 0.5) is 4.39 Å². The van der Waals surface area contributed by atoms with Crippen molar-refractivity contribution in [2.24, 2.45) is 0 Å². The van der Waals surface area contributed by atoms with E-state index in [0.29, 0.717) is 9.76 Å². The first-order chi connectivity index (χ1) is 12.9. The average molecular weight is 411 g/mol. The van der Waals surface area contributed by atoms with Crippen molar-refractivity contribution in [3.05, 3.63) is 59.7 Å². The van der Waals surface area contributed by atoms with Crippen LogP contribution in [0.1, 0.15) is 0 Å². The van der Waals surface area contributed by atoms with E-state index in [1.165, 1.54) is 22.6 Å². The Hall–Kier alpha value is -2.17. The number of carbonyl (C=O) groups is 1. The predicted molar refractivity (Wildman–Crippen MR) is 97.9 cm³/mol. The number of nitrogens with zero attached hydrogens (tertiary/aromatic N) is 3. The molecule has 0 unspecified atom stereocenters. The maximum atomic E-state index is 13.0. The lowest BCUT2D eigenvalue weighted by atomic mass is 10.3. The van der Waals surface area contributed by atoms with Crippen molar-refractivity contribution < 1.29 is 22.3 Å². The van der Waals surface area contributed by atoms with Gasteiger partial charge in [0.05, 0.1) is 10.6 Å². The van der Waals surface area contributed by atoms with E-state index in [9.17, 15) is 22.8 Å². The summed E-state index contributed by atoms with van der Waals surface area (Å²) in [6.45, 7) is 0.879. The van der Waals surface area contributed by atoms with E-state index < -0.39 is 15.8 Å². The Labute approximate surface area is 161 Å². The van der Waals surface area contributed by atoms with E-state index in [1.807, 2.05) is 0 Å². The Balaban J connectivity index is 1.56. The van der Waals surface area contributed by atoms with Gasteiger partial charge in [-0.15, -0.1) is 0 Å². The number of thioether (sulfide) groups is 1. The van der Waals surface area contributed by atoms with Gasteiger partial charge in [-0.1, -0.05) is 0 Å². The van der Waals surface area contributed by atoms with Gasteiger partial charge in [-0.2, -0.15) is 9.04 Å². The summed E-state index contributed by atoms with van der Waals surface area (Å²) in [5.41, 5.74) is 0. The monoisotopic (exact) mass is 411 g/mol. The molecule has 0 spiro atoms. The molecule has 1 aliphatic heterocycles. The number of pyridine rings is 1. The number of sulfonamides is 1. The van der Waals surface area contributed by atoms with Crippen LogP contribution in [0.15, 0.2) is 58.6 Å². The standard InChI is InChI=1S/C17H18FN3O4S2/c18-14-4-6-15(7-5-14)27(24,25)20-11-9-19(10-12-20)16(22)13-26-17-3-1-2-8-21(17)23/h1-8H,9-13H2. The van der Waals surface area contributed by atoms with Crippen molar-refractivity contribution in [2.75, 3.05) is 31.9 Å². The molecule has 0 atom stereocenters. The first kappa shape index (κ1) is 19.6. The van der Waals surface area contributed by atoms with Crippen LogP contribution in [0.5, 0.6) is 0 Å². The van der Waals surface area contributed by atoms with E-state index in [4.69, 9.17) is 0 Å². The maximum absolute atomic E-state index is 13.0. The Morgan fingerprint density at radius 1 is 1.11 bits per heavy atom. The van der Waals surface area contributed by atoms with Gasteiger partial charge in [0.1, 0.15) is 5.82 Å². The molecule has 2 aromatic rings. The number of hydrogen-bond donors (Lipinski definition) is 0. The number of aromatic nitrogens is 1. The number of halogens is 1. The number of rotatable bonds is 5. The molecule has 7 nitrogen and oxygen atoms in total. The molecular weight excluding hydrogens is 393 g/mol. The fourth-order valence-electron chi connectivity index (χ4n) is 2.68. The molecule has 0 N–H and O–H groups in total. The molecular formula is C17H18FN3O4S2. The van der Waals surface area contributed by atoms with E-state index in [-0.39, 0.29) is 42.7 Å². The third kappa shape index (κ3) is 4.57. The van der Waals surface area contributed by atoms with Crippen molar-refractivity contribution in [3.63, 3.8) is 0 Å². The summed E-state index contributed by atoms with van der Waals surface area (Å²) in [6.07, 6.45) is 1.37. The second kappa shape index (κ2) is 8.24. The molecule has 27 heavy (non-hydrogen) atoms. The highest BCUT2D eigenvalue weighted by molar-refractivity contribution is 7.99. The summed E-state index contributed by atoms with van der Waals surface area (Å²) in [5, 5.41) is 12.0. The Kier molecular flexibility index (Phi) is 5.98. The Morgan fingerprint density at radius 3 is 2.41 bits per heavy atom. The molecule has 10 heteroatoms. The van der Waals surface area contributed by atoms with Gasteiger partial charge in [0.15, 0.2) is 6.20 Å². The van der Waals surface area contributed by atoms with Gasteiger partial charge in [0.25, 0.3) is 5.03 Å². The van der Waals surface area contributed by atoms with E-state index in [2.05, 4.69) is 0 Å². The van der Waals surface area contributed by atoms with Crippen molar-refractivity contribution in [2.45, 2.75) is 9.92 Å². The minimum atomic E-state index is -3.71. The Bertz CT molecular complexity index is 914. The normalized spacial score (nSPS) is 15.7. The molecule has 1 aromatic carbocycles. The number of carbonyl (C=O) groups excluding carboxylic acids is 1. The van der Waals surface area contributed by atoms with E-state index in [1.54, 1.807) is 23.1 Å². The van der Waals surface area contributed by atoms with E-state index in [0.717, 1.165) is 23.9 Å². The fraction of sp³-hybridized carbons (Fsp3) is 0.294. The highest BCUT2D eigenvalue weighted by Gasteiger charge is 2.30. The molecule has 144 valence electrons. The first-order valence-electron chi connectivity index (χ1n) is 8.22. The van der Waals surface area contributed by atoms with Gasteiger partial charge < -0.3 is 10.1 Å². The van der Waals surface area contributed by atoms with Gasteiger partial charge in [-0.25, -0.2) is 12.8 Å². The third-order valence-corrected chi connectivity index (χ3v) is 7.09. The minimum Gasteiger partial charge on any atom is -0.618 e. The fourth-order valence-corrected chi connectivity index (χ4v) is 4.92. The molecule has 1 fully saturated rings. The quantitative estimate of drug-likeness (QED) is 0.418. The topological polar surface area (TPSA) is 84.6 Å². The van der Waals surface area contributed by atoms with Crippen molar-refractivity contribution in [1.29, 1.82) is 0 Å². The zero-order valence-corrected chi connectivity index (χ0v) is 16.0. The summed E-state index contributed by atoms with van der Waals surface area (Å²) in [7, 11) is -3.71. The Morgan fingerprint density at radius 2 is 1.78 bits per heavy atom. The molecule has 1 aliphatic rings.